The molecule has 0 aliphatic heterocycles. The van der Waals surface area contributed by atoms with Crippen LogP contribution < -0.4 is 5.32 Å². The Labute approximate surface area is 299 Å². The largest absolute Gasteiger partial charge is 0.481 e. The van der Waals surface area contributed by atoms with E-state index in [4.69, 9.17) is 4.74 Å². The minimum absolute atomic E-state index is 0.0204. The first-order valence-corrected chi connectivity index (χ1v) is 19.2. The third-order valence-corrected chi connectivity index (χ3v) is 15.6. The third kappa shape index (κ3) is 5.33. The highest BCUT2D eigenvalue weighted by atomic mass is 16.5. The number of carboxylic acids is 1. The van der Waals surface area contributed by atoms with Gasteiger partial charge in [-0.05, 0) is 135 Å². The Kier molecular flexibility index (Phi) is 8.87. The average Bonchev–Trinajstić information content (AvgIpc) is 3.33. The lowest BCUT2D eigenvalue weighted by Crippen LogP contribution is -2.66. The van der Waals surface area contributed by atoms with Crippen LogP contribution in [-0.4, -0.2) is 34.8 Å². The second-order valence-electron chi connectivity index (χ2n) is 19.3. The van der Waals surface area contributed by atoms with Crippen molar-refractivity contribution < 1.29 is 29.0 Å². The number of ketones is 1. The molecule has 0 spiro atoms. The number of rotatable bonds is 7. The van der Waals surface area contributed by atoms with Crippen molar-refractivity contribution in [3.8, 4) is 0 Å². The number of nitrogens with one attached hydrogen (secondary N) is 1. The number of anilines is 1. The number of ether oxygens (including phenoxy) is 1. The fourth-order valence-corrected chi connectivity index (χ4v) is 12.6. The molecule has 8 atom stereocenters. The number of hydrogen-bond donors (Lipinski definition) is 2. The number of carboxylic acid groups (broad SMARTS) is 1. The molecule has 6 rings (SSSR count). The minimum atomic E-state index is -1.17. The molecule has 4 saturated carbocycles. The molecular weight excluding hydrogens is 626 g/mol. The number of carbonyl (C=O) groups excluding carboxylic acids is 3. The van der Waals surface area contributed by atoms with Crippen molar-refractivity contribution in [1.29, 1.82) is 0 Å². The third-order valence-electron chi connectivity index (χ3n) is 15.6. The van der Waals surface area contributed by atoms with Gasteiger partial charge >= 0.3 is 11.9 Å². The van der Waals surface area contributed by atoms with E-state index in [9.17, 15) is 24.3 Å². The SMILES string of the molecule is Cc1ccc(NC(=O)[C@@]23CC[C@]4(C)[C@H](CC[C@@H]5[C@@]6(C)CC[C@H](OC(=O)CC(C)(C)C(=O)O)C(C)(C)[C@@H]6CC[C@]54C)C2=C(C(C)C)C(=O)C3)cc1. The van der Waals surface area contributed by atoms with E-state index in [1.807, 2.05) is 31.2 Å². The van der Waals surface area contributed by atoms with Crippen molar-refractivity contribution in [3.05, 3.63) is 41.0 Å². The summed E-state index contributed by atoms with van der Waals surface area (Å²) in [6.45, 7) is 21.5. The van der Waals surface area contributed by atoms with Crippen LogP contribution in [0.4, 0.5) is 5.69 Å². The van der Waals surface area contributed by atoms with Crippen molar-refractivity contribution >= 4 is 29.3 Å². The van der Waals surface area contributed by atoms with Gasteiger partial charge in [0.1, 0.15) is 6.10 Å². The lowest BCUT2D eigenvalue weighted by molar-refractivity contribution is -0.233. The van der Waals surface area contributed by atoms with Crippen molar-refractivity contribution in [2.24, 2.45) is 56.2 Å². The van der Waals surface area contributed by atoms with Gasteiger partial charge in [-0.25, -0.2) is 0 Å². The zero-order valence-corrected chi connectivity index (χ0v) is 32.3. The van der Waals surface area contributed by atoms with E-state index in [1.54, 1.807) is 13.8 Å². The molecular formula is C43H61NO6. The standard InChI is InChI=1S/C43H61NO6/c1-25(2)34-29(45)23-43(36(47)44-27-13-11-26(3)12-14-27)22-21-41(9)28(35(34)43)15-16-31-40(8)19-18-32(50-33(46)24-38(4,5)37(48)49)39(6,7)30(40)17-20-42(31,41)10/h11-14,25,28,30-32H,15-24H2,1-10H3,(H,44,47)(H,48,49)/t28-,30+,31-,32+,40+,41-,42-,43-/m1/s1. The molecule has 7 heteroatoms. The van der Waals surface area contributed by atoms with Crippen molar-refractivity contribution in [2.45, 2.75) is 140 Å². The molecule has 274 valence electrons. The number of benzene rings is 1. The fourth-order valence-electron chi connectivity index (χ4n) is 12.6. The van der Waals surface area contributed by atoms with Crippen LogP contribution in [0.5, 0.6) is 0 Å². The summed E-state index contributed by atoms with van der Waals surface area (Å²) in [6.07, 6.45) is 7.33. The van der Waals surface area contributed by atoms with E-state index in [0.717, 1.165) is 67.3 Å². The van der Waals surface area contributed by atoms with Crippen molar-refractivity contribution in [2.75, 3.05) is 5.32 Å². The van der Waals surface area contributed by atoms with E-state index in [0.29, 0.717) is 18.3 Å². The van der Waals surface area contributed by atoms with E-state index >= 15 is 0 Å². The molecule has 7 nitrogen and oxygen atoms in total. The van der Waals surface area contributed by atoms with Crippen LogP contribution in [0, 0.1) is 63.1 Å². The molecule has 2 N–H and O–H groups in total. The van der Waals surface area contributed by atoms with E-state index in [2.05, 4.69) is 53.8 Å². The Morgan fingerprint density at radius 2 is 1.56 bits per heavy atom. The lowest BCUT2D eigenvalue weighted by atomic mass is 9.33. The zero-order valence-electron chi connectivity index (χ0n) is 32.3. The minimum Gasteiger partial charge on any atom is -0.481 e. The van der Waals surface area contributed by atoms with Crippen LogP contribution in [0.1, 0.15) is 132 Å². The predicted octanol–water partition coefficient (Wildman–Crippen LogP) is 9.33. The maximum absolute atomic E-state index is 14.5. The maximum atomic E-state index is 14.5. The quantitative estimate of drug-likeness (QED) is 0.277. The molecule has 0 radical (unpaired) electrons. The predicted molar refractivity (Wildman–Crippen MR) is 195 cm³/mol. The Morgan fingerprint density at radius 1 is 0.900 bits per heavy atom. The molecule has 0 aromatic heterocycles. The summed E-state index contributed by atoms with van der Waals surface area (Å²) >= 11 is 0. The van der Waals surface area contributed by atoms with Gasteiger partial charge in [-0.3, -0.25) is 19.2 Å². The summed E-state index contributed by atoms with van der Waals surface area (Å²) in [6, 6.07) is 7.94. The number of allylic oxidation sites excluding steroid dienone is 1. The van der Waals surface area contributed by atoms with Crippen LogP contribution >= 0.6 is 0 Å². The molecule has 50 heavy (non-hydrogen) atoms. The molecule has 0 bridgehead atoms. The van der Waals surface area contributed by atoms with Crippen LogP contribution in [-0.2, 0) is 23.9 Å². The number of Topliss-reactive ketones (excluding diaryl/α,β-unsaturated/α-hetero) is 1. The first-order valence-electron chi connectivity index (χ1n) is 19.2. The van der Waals surface area contributed by atoms with Gasteiger partial charge in [-0.15, -0.1) is 0 Å². The summed E-state index contributed by atoms with van der Waals surface area (Å²) in [5, 5.41) is 12.8. The Bertz CT molecular complexity index is 1620. The van der Waals surface area contributed by atoms with Gasteiger partial charge in [0.05, 0.1) is 17.3 Å². The molecule has 0 unspecified atom stereocenters. The number of hydrogen-bond acceptors (Lipinski definition) is 5. The monoisotopic (exact) mass is 687 g/mol. The molecule has 5 aliphatic rings. The normalized spacial score (nSPS) is 37.7. The average molecular weight is 688 g/mol. The number of fused-ring (bicyclic) bond motifs is 7. The number of aryl methyl sites for hydroxylation is 1. The van der Waals surface area contributed by atoms with Crippen molar-refractivity contribution in [1.82, 2.24) is 0 Å². The number of amides is 1. The van der Waals surface area contributed by atoms with E-state index < -0.39 is 22.8 Å². The lowest BCUT2D eigenvalue weighted by Gasteiger charge is -2.72. The molecule has 5 aliphatic carbocycles. The van der Waals surface area contributed by atoms with Gasteiger partial charge in [-0.2, -0.15) is 0 Å². The van der Waals surface area contributed by atoms with Crippen LogP contribution in [0.2, 0.25) is 0 Å². The summed E-state index contributed by atoms with van der Waals surface area (Å²) in [4.78, 5) is 53.2. The van der Waals surface area contributed by atoms with Crippen LogP contribution in [0.3, 0.4) is 0 Å². The molecule has 1 aromatic carbocycles. The summed E-state index contributed by atoms with van der Waals surface area (Å²) < 4.78 is 6.15. The highest BCUT2D eigenvalue weighted by molar-refractivity contribution is 6.10. The van der Waals surface area contributed by atoms with Gasteiger partial charge in [0.2, 0.25) is 5.91 Å². The first kappa shape index (κ1) is 36.8. The summed E-state index contributed by atoms with van der Waals surface area (Å²) in [7, 11) is 0. The van der Waals surface area contributed by atoms with E-state index in [-0.39, 0.29) is 64.1 Å². The van der Waals surface area contributed by atoms with Crippen LogP contribution in [0.25, 0.3) is 0 Å². The smallest absolute Gasteiger partial charge is 0.309 e. The summed E-state index contributed by atoms with van der Waals surface area (Å²) in [5.41, 5.74) is 1.78. The molecule has 0 saturated heterocycles. The number of carbonyl (C=O) groups is 4. The van der Waals surface area contributed by atoms with Gasteiger partial charge in [0, 0.05) is 17.5 Å². The van der Waals surface area contributed by atoms with Gasteiger partial charge in [0.25, 0.3) is 0 Å². The van der Waals surface area contributed by atoms with Gasteiger partial charge in [-0.1, -0.05) is 66.2 Å². The zero-order chi connectivity index (χ0) is 36.8. The molecule has 0 heterocycles. The van der Waals surface area contributed by atoms with E-state index in [1.165, 1.54) is 0 Å². The second kappa shape index (κ2) is 12.0. The Balaban J connectivity index is 1.30. The van der Waals surface area contributed by atoms with Crippen molar-refractivity contribution in [3.63, 3.8) is 0 Å². The molecule has 1 amide bonds. The Morgan fingerprint density at radius 3 is 2.18 bits per heavy atom. The first-order chi connectivity index (χ1) is 23.1. The second-order valence-corrected chi connectivity index (χ2v) is 19.3. The topological polar surface area (TPSA) is 110 Å². The van der Waals surface area contributed by atoms with Gasteiger partial charge in [0.15, 0.2) is 5.78 Å². The molecule has 1 aromatic rings. The highest BCUT2D eigenvalue weighted by Crippen LogP contribution is 2.76. The maximum Gasteiger partial charge on any atom is 0.309 e. The number of esters is 1. The highest BCUT2D eigenvalue weighted by Gasteiger charge is 2.71. The van der Waals surface area contributed by atoms with Gasteiger partial charge < -0.3 is 15.2 Å². The number of aliphatic carboxylic acids is 1. The Hall–Kier alpha value is -2.96. The molecule has 4 fully saturated rings. The fraction of sp³-hybridized carbons (Fsp3) is 0.721. The summed E-state index contributed by atoms with van der Waals surface area (Å²) in [5.74, 6) is -0.231. The van der Waals surface area contributed by atoms with Crippen LogP contribution in [0.15, 0.2) is 35.4 Å².